The Kier molecular flexibility index (Phi) is 8.21. The summed E-state index contributed by atoms with van der Waals surface area (Å²) >= 11 is 0. The van der Waals surface area contributed by atoms with E-state index < -0.39 is 10.0 Å². The fourth-order valence-electron chi connectivity index (χ4n) is 4.34. The number of aryl methyl sites for hydroxylation is 1. The normalized spacial score (nSPS) is 14.6. The Morgan fingerprint density at radius 2 is 1.57 bits per heavy atom. The average molecular weight is 493 g/mol. The number of sulfonamides is 1. The summed E-state index contributed by atoms with van der Waals surface area (Å²) in [5, 5.41) is 2.84. The van der Waals surface area contributed by atoms with Gasteiger partial charge in [-0.1, -0.05) is 67.3 Å². The van der Waals surface area contributed by atoms with Crippen molar-refractivity contribution in [2.24, 2.45) is 0 Å². The molecule has 1 aliphatic carbocycles. The first kappa shape index (κ1) is 24.9. The Labute approximate surface area is 208 Å². The van der Waals surface area contributed by atoms with Crippen molar-refractivity contribution in [1.82, 2.24) is 4.31 Å². The second kappa shape index (κ2) is 11.5. The number of carbonyl (C=O) groups is 1. The van der Waals surface area contributed by atoms with Crippen LogP contribution in [0.1, 0.15) is 43.2 Å². The lowest BCUT2D eigenvalue weighted by Gasteiger charge is -2.33. The summed E-state index contributed by atoms with van der Waals surface area (Å²) in [4.78, 5) is 13.2. The van der Waals surface area contributed by atoms with Crippen LogP contribution in [0.25, 0.3) is 0 Å². The van der Waals surface area contributed by atoms with Crippen LogP contribution >= 0.6 is 0 Å². The topological polar surface area (TPSA) is 75.7 Å². The van der Waals surface area contributed by atoms with Gasteiger partial charge in [-0.05, 0) is 61.7 Å². The lowest BCUT2D eigenvalue weighted by Crippen LogP contribution is -2.45. The molecule has 0 heterocycles. The number of hydrogen-bond donors (Lipinski definition) is 1. The summed E-state index contributed by atoms with van der Waals surface area (Å²) in [5.41, 5.74) is 2.66. The van der Waals surface area contributed by atoms with Crippen LogP contribution in [-0.4, -0.2) is 31.2 Å². The number of nitrogens with one attached hydrogen (secondary N) is 1. The number of hydrogen-bond acceptors (Lipinski definition) is 4. The summed E-state index contributed by atoms with van der Waals surface area (Å²) in [6.07, 6.45) is 4.57. The van der Waals surface area contributed by atoms with E-state index in [1.165, 1.54) is 4.31 Å². The summed E-state index contributed by atoms with van der Waals surface area (Å²) in [7, 11) is -3.79. The van der Waals surface area contributed by atoms with Crippen LogP contribution < -0.4 is 10.1 Å². The van der Waals surface area contributed by atoms with Gasteiger partial charge in [-0.15, -0.1) is 0 Å². The molecule has 184 valence electrons. The van der Waals surface area contributed by atoms with E-state index in [-0.39, 0.29) is 23.4 Å². The highest BCUT2D eigenvalue weighted by Gasteiger charge is 2.34. The fourth-order valence-corrected chi connectivity index (χ4v) is 5.98. The Bertz CT molecular complexity index is 1200. The quantitative estimate of drug-likeness (QED) is 0.426. The molecule has 1 fully saturated rings. The van der Waals surface area contributed by atoms with E-state index in [2.05, 4.69) is 5.32 Å². The Morgan fingerprint density at radius 1 is 0.914 bits per heavy atom. The summed E-state index contributed by atoms with van der Waals surface area (Å²) < 4.78 is 34.2. The highest BCUT2D eigenvalue weighted by molar-refractivity contribution is 7.89. The molecule has 0 bridgehead atoms. The fraction of sp³-hybridized carbons (Fsp3) is 0.321. The van der Waals surface area contributed by atoms with Crippen LogP contribution in [0.2, 0.25) is 0 Å². The maximum absolute atomic E-state index is 13.5. The molecular weight excluding hydrogens is 460 g/mol. The molecule has 35 heavy (non-hydrogen) atoms. The Hall–Kier alpha value is -3.16. The summed E-state index contributed by atoms with van der Waals surface area (Å²) in [5.74, 6) is 0.335. The summed E-state index contributed by atoms with van der Waals surface area (Å²) in [6, 6.07) is 23.6. The van der Waals surface area contributed by atoms with E-state index in [9.17, 15) is 13.2 Å². The predicted molar refractivity (Wildman–Crippen MR) is 138 cm³/mol. The number of benzene rings is 3. The molecule has 0 radical (unpaired) electrons. The van der Waals surface area contributed by atoms with Crippen molar-refractivity contribution in [3.8, 4) is 5.75 Å². The highest BCUT2D eigenvalue weighted by atomic mass is 32.2. The van der Waals surface area contributed by atoms with E-state index in [0.717, 1.165) is 43.2 Å². The van der Waals surface area contributed by atoms with Gasteiger partial charge in [0.2, 0.25) is 15.9 Å². The molecule has 6 nitrogen and oxygen atoms in total. The van der Waals surface area contributed by atoms with Crippen molar-refractivity contribution in [2.45, 2.75) is 56.6 Å². The van der Waals surface area contributed by atoms with Crippen molar-refractivity contribution in [3.63, 3.8) is 0 Å². The van der Waals surface area contributed by atoms with Gasteiger partial charge in [-0.2, -0.15) is 4.31 Å². The third kappa shape index (κ3) is 6.71. The van der Waals surface area contributed by atoms with Crippen molar-refractivity contribution < 1.29 is 17.9 Å². The van der Waals surface area contributed by atoms with Crippen molar-refractivity contribution in [1.29, 1.82) is 0 Å². The van der Waals surface area contributed by atoms with Gasteiger partial charge in [0.15, 0.2) is 0 Å². The Morgan fingerprint density at radius 3 is 2.23 bits per heavy atom. The predicted octanol–water partition coefficient (Wildman–Crippen LogP) is 5.54. The molecule has 0 atom stereocenters. The molecule has 0 saturated heterocycles. The van der Waals surface area contributed by atoms with Gasteiger partial charge in [0.25, 0.3) is 0 Å². The van der Waals surface area contributed by atoms with E-state index >= 15 is 0 Å². The smallest absolute Gasteiger partial charge is 0.243 e. The average Bonchev–Trinajstić information content (AvgIpc) is 2.88. The molecule has 4 rings (SSSR count). The molecule has 1 N–H and O–H groups in total. The molecule has 1 aliphatic rings. The first-order chi connectivity index (χ1) is 16.9. The second-order valence-electron chi connectivity index (χ2n) is 9.00. The number of amides is 1. The lowest BCUT2D eigenvalue weighted by atomic mass is 9.95. The molecule has 0 aliphatic heterocycles. The van der Waals surface area contributed by atoms with Gasteiger partial charge in [-0.25, -0.2) is 8.42 Å². The van der Waals surface area contributed by atoms with Gasteiger partial charge in [-0.3, -0.25) is 4.79 Å². The monoisotopic (exact) mass is 492 g/mol. The first-order valence-electron chi connectivity index (χ1n) is 12.1. The van der Waals surface area contributed by atoms with Crippen LogP contribution in [0.4, 0.5) is 5.69 Å². The molecule has 0 spiro atoms. The van der Waals surface area contributed by atoms with Crippen LogP contribution in [0.3, 0.4) is 0 Å². The minimum absolute atomic E-state index is 0.172. The lowest BCUT2D eigenvalue weighted by molar-refractivity contribution is -0.116. The van der Waals surface area contributed by atoms with Gasteiger partial charge < -0.3 is 10.1 Å². The van der Waals surface area contributed by atoms with Gasteiger partial charge in [0.1, 0.15) is 12.4 Å². The summed E-state index contributed by atoms with van der Waals surface area (Å²) in [6.45, 7) is 2.16. The van der Waals surface area contributed by atoms with Gasteiger partial charge in [0, 0.05) is 11.7 Å². The van der Waals surface area contributed by atoms with Gasteiger partial charge >= 0.3 is 0 Å². The zero-order valence-corrected chi connectivity index (χ0v) is 20.8. The largest absolute Gasteiger partial charge is 0.489 e. The third-order valence-electron chi connectivity index (χ3n) is 6.30. The Balaban J connectivity index is 1.42. The van der Waals surface area contributed by atoms with Crippen molar-refractivity contribution >= 4 is 21.6 Å². The molecule has 3 aromatic rings. The molecule has 0 aromatic heterocycles. The molecular formula is C28H32N2O4S. The highest BCUT2D eigenvalue weighted by Crippen LogP contribution is 2.28. The van der Waals surface area contributed by atoms with Crippen LogP contribution in [0.5, 0.6) is 5.75 Å². The number of carbonyl (C=O) groups excluding carboxylic acids is 1. The van der Waals surface area contributed by atoms with E-state index in [1.54, 1.807) is 48.5 Å². The van der Waals surface area contributed by atoms with E-state index in [4.69, 9.17) is 4.74 Å². The minimum atomic E-state index is -3.79. The van der Waals surface area contributed by atoms with E-state index in [0.29, 0.717) is 18.0 Å². The maximum Gasteiger partial charge on any atom is 0.243 e. The second-order valence-corrected chi connectivity index (χ2v) is 10.9. The molecule has 1 saturated carbocycles. The SMILES string of the molecule is Cc1ccc(S(=O)(=O)N(CC(=O)Nc2ccc(OCc3ccccc3)cc2)C2CCCCC2)cc1. The number of nitrogens with zero attached hydrogens (tertiary/aromatic N) is 1. The van der Waals surface area contributed by atoms with Crippen LogP contribution in [0, 0.1) is 6.92 Å². The minimum Gasteiger partial charge on any atom is -0.489 e. The number of ether oxygens (including phenoxy) is 1. The third-order valence-corrected chi connectivity index (χ3v) is 8.21. The van der Waals surface area contributed by atoms with Crippen molar-refractivity contribution in [2.75, 3.05) is 11.9 Å². The number of rotatable bonds is 9. The maximum atomic E-state index is 13.5. The molecule has 0 unspecified atom stereocenters. The first-order valence-corrected chi connectivity index (χ1v) is 13.5. The van der Waals surface area contributed by atoms with Gasteiger partial charge in [0.05, 0.1) is 11.4 Å². The van der Waals surface area contributed by atoms with Crippen LogP contribution in [0.15, 0.2) is 83.8 Å². The molecule has 1 amide bonds. The zero-order valence-electron chi connectivity index (χ0n) is 20.0. The standard InChI is InChI=1S/C28H32N2O4S/c1-22-12-18-27(19-13-22)35(32,33)30(25-10-6-3-7-11-25)20-28(31)29-24-14-16-26(17-15-24)34-21-23-8-4-2-5-9-23/h2,4-5,8-9,12-19,25H,3,6-7,10-11,20-21H2,1H3,(H,29,31). The van der Waals surface area contributed by atoms with Crippen LogP contribution in [-0.2, 0) is 21.4 Å². The zero-order chi connectivity index (χ0) is 24.7. The van der Waals surface area contributed by atoms with E-state index in [1.807, 2.05) is 37.3 Å². The molecule has 3 aromatic carbocycles. The molecule has 7 heteroatoms. The number of anilines is 1. The van der Waals surface area contributed by atoms with Crippen molar-refractivity contribution in [3.05, 3.63) is 90.0 Å².